The van der Waals surface area contributed by atoms with E-state index >= 15 is 0 Å². The fraction of sp³-hybridized carbons (Fsp3) is 0.250. The molecule has 0 radical (unpaired) electrons. The molecule has 0 bridgehead atoms. The maximum atomic E-state index is 11.4. The molecule has 8 nitrogen and oxygen atoms in total. The minimum Gasteiger partial charge on any atom is -0.489 e. The van der Waals surface area contributed by atoms with E-state index in [-0.39, 0.29) is 13.2 Å². The van der Waals surface area contributed by atoms with Crippen molar-refractivity contribution in [1.82, 2.24) is 0 Å². The topological polar surface area (TPSA) is 110 Å². The summed E-state index contributed by atoms with van der Waals surface area (Å²) in [7, 11) is 0. The van der Waals surface area contributed by atoms with Crippen LogP contribution in [-0.4, -0.2) is 30.5 Å². The molecule has 4 aromatic carbocycles. The van der Waals surface area contributed by atoms with E-state index in [2.05, 4.69) is 24.1 Å². The summed E-state index contributed by atoms with van der Waals surface area (Å²) >= 11 is 0. The number of fused-ring (bicyclic) bond motifs is 1. The van der Waals surface area contributed by atoms with Crippen molar-refractivity contribution < 1.29 is 28.8 Å². The molecule has 5 rings (SSSR count). The summed E-state index contributed by atoms with van der Waals surface area (Å²) in [6, 6.07) is 27.1. The summed E-state index contributed by atoms with van der Waals surface area (Å²) in [5.41, 5.74) is 6.49. The van der Waals surface area contributed by atoms with Crippen LogP contribution in [0.5, 0.6) is 23.0 Å². The highest BCUT2D eigenvalue weighted by Gasteiger charge is 2.15. The van der Waals surface area contributed by atoms with Crippen LogP contribution in [0.2, 0.25) is 0 Å². The third-order valence-electron chi connectivity index (χ3n) is 7.49. The lowest BCUT2D eigenvalue weighted by atomic mass is 9.96. The molecule has 8 heteroatoms. The van der Waals surface area contributed by atoms with Gasteiger partial charge in [-0.1, -0.05) is 43.3 Å². The second-order valence-corrected chi connectivity index (χ2v) is 10.4. The van der Waals surface area contributed by atoms with Crippen molar-refractivity contribution in [2.45, 2.75) is 40.0 Å². The average molecular weight is 591 g/mol. The minimum atomic E-state index is -0.901. The van der Waals surface area contributed by atoms with Crippen LogP contribution in [0.1, 0.15) is 41.2 Å². The Labute approximate surface area is 257 Å². The number of nitriles is 1. The molecular weight excluding hydrogens is 556 g/mol. The van der Waals surface area contributed by atoms with Gasteiger partial charge in [0.15, 0.2) is 11.5 Å². The SMILES string of the molecule is CCC(C=NCc1ccc(OCc2cccc(-c3ccc4c(c3)OCCO4)c2C)cc1OCc1cccc(C#N)c1)C(=O)O. The Morgan fingerprint density at radius 3 is 2.59 bits per heavy atom. The van der Waals surface area contributed by atoms with E-state index in [4.69, 9.17) is 18.9 Å². The van der Waals surface area contributed by atoms with Crippen molar-refractivity contribution in [3.05, 3.63) is 107 Å². The highest BCUT2D eigenvalue weighted by Crippen LogP contribution is 2.36. The summed E-state index contributed by atoms with van der Waals surface area (Å²) in [6.07, 6.45) is 1.93. The number of rotatable bonds is 12. The van der Waals surface area contributed by atoms with Crippen molar-refractivity contribution in [2.24, 2.45) is 10.9 Å². The number of carboxylic acid groups (broad SMARTS) is 1. The van der Waals surface area contributed by atoms with Gasteiger partial charge < -0.3 is 24.1 Å². The van der Waals surface area contributed by atoms with Crippen molar-refractivity contribution >= 4 is 12.2 Å². The number of hydrogen-bond donors (Lipinski definition) is 1. The fourth-order valence-corrected chi connectivity index (χ4v) is 4.93. The first kappa shape index (κ1) is 30.2. The van der Waals surface area contributed by atoms with Gasteiger partial charge in [-0.3, -0.25) is 9.79 Å². The van der Waals surface area contributed by atoms with E-state index in [0.717, 1.165) is 44.9 Å². The number of carbonyl (C=O) groups is 1. The summed E-state index contributed by atoms with van der Waals surface area (Å²) in [5, 5.41) is 18.6. The molecule has 44 heavy (non-hydrogen) atoms. The third kappa shape index (κ3) is 7.37. The molecule has 0 saturated carbocycles. The molecule has 224 valence electrons. The van der Waals surface area contributed by atoms with Crippen LogP contribution in [0.15, 0.2) is 83.9 Å². The molecule has 0 saturated heterocycles. The first-order chi connectivity index (χ1) is 21.4. The zero-order valence-electron chi connectivity index (χ0n) is 24.8. The molecule has 4 aromatic rings. The number of benzene rings is 4. The van der Waals surface area contributed by atoms with E-state index in [1.165, 1.54) is 6.21 Å². The molecular formula is C36H34N2O6. The normalized spacial score (nSPS) is 12.8. The quantitative estimate of drug-likeness (QED) is 0.175. The van der Waals surface area contributed by atoms with Gasteiger partial charge >= 0.3 is 5.97 Å². The van der Waals surface area contributed by atoms with Crippen molar-refractivity contribution in [3.63, 3.8) is 0 Å². The molecule has 1 aliphatic heterocycles. The molecule has 0 aliphatic carbocycles. The smallest absolute Gasteiger partial charge is 0.311 e. The predicted octanol–water partition coefficient (Wildman–Crippen LogP) is 7.14. The van der Waals surface area contributed by atoms with Gasteiger partial charge in [-0.15, -0.1) is 0 Å². The largest absolute Gasteiger partial charge is 0.489 e. The zero-order chi connectivity index (χ0) is 30.9. The molecule has 1 unspecified atom stereocenters. The molecule has 0 spiro atoms. The van der Waals surface area contributed by atoms with Crippen molar-refractivity contribution in [2.75, 3.05) is 13.2 Å². The maximum absolute atomic E-state index is 11.4. The average Bonchev–Trinajstić information content (AvgIpc) is 3.05. The summed E-state index contributed by atoms with van der Waals surface area (Å²) in [5.74, 6) is 1.17. The molecule has 0 aromatic heterocycles. The van der Waals surface area contributed by atoms with E-state index in [9.17, 15) is 15.2 Å². The first-order valence-corrected chi connectivity index (χ1v) is 14.5. The number of aliphatic imine (C=N–C) groups is 1. The Balaban J connectivity index is 1.34. The van der Waals surface area contributed by atoms with E-state index in [1.54, 1.807) is 12.1 Å². The highest BCUT2D eigenvalue weighted by molar-refractivity contribution is 5.88. The second kappa shape index (κ2) is 14.3. The number of ether oxygens (including phenoxy) is 4. The van der Waals surface area contributed by atoms with Crippen LogP contribution in [-0.2, 0) is 24.6 Å². The minimum absolute atomic E-state index is 0.249. The lowest BCUT2D eigenvalue weighted by Crippen LogP contribution is -2.15. The molecule has 1 N–H and O–H groups in total. The number of carboxylic acids is 1. The van der Waals surface area contributed by atoms with Crippen molar-refractivity contribution in [3.8, 4) is 40.2 Å². The van der Waals surface area contributed by atoms with Crippen LogP contribution in [0.3, 0.4) is 0 Å². The standard InChI is InChI=1S/C36H34N2O6/c1-3-27(36(39)40)20-38-21-29-10-12-31(18-34(29)44-22-26-7-4-6-25(16-26)19-37)43-23-30-8-5-9-32(24(30)2)28-11-13-33-35(17-28)42-15-14-41-33/h4-13,16-18,20,27H,3,14-15,21-23H2,1-2H3,(H,39,40). The monoisotopic (exact) mass is 590 g/mol. The van der Waals surface area contributed by atoms with Gasteiger partial charge in [0.2, 0.25) is 0 Å². The van der Waals surface area contributed by atoms with Gasteiger partial charge in [0.1, 0.15) is 37.9 Å². The van der Waals surface area contributed by atoms with Gasteiger partial charge in [0.05, 0.1) is 24.1 Å². The van der Waals surface area contributed by atoms with Gasteiger partial charge in [-0.05, 0) is 77.6 Å². The van der Waals surface area contributed by atoms with Gasteiger partial charge in [-0.2, -0.15) is 5.26 Å². The van der Waals surface area contributed by atoms with E-state index in [1.807, 2.05) is 67.6 Å². The van der Waals surface area contributed by atoms with Crippen LogP contribution in [0.25, 0.3) is 11.1 Å². The van der Waals surface area contributed by atoms with Gasteiger partial charge in [0, 0.05) is 17.8 Å². The Morgan fingerprint density at radius 2 is 1.80 bits per heavy atom. The fourth-order valence-electron chi connectivity index (χ4n) is 4.93. The van der Waals surface area contributed by atoms with E-state index < -0.39 is 11.9 Å². The Morgan fingerprint density at radius 1 is 0.977 bits per heavy atom. The van der Waals surface area contributed by atoms with Crippen molar-refractivity contribution in [1.29, 1.82) is 5.26 Å². The summed E-state index contributed by atoms with van der Waals surface area (Å²) < 4.78 is 23.9. The van der Waals surface area contributed by atoms with Gasteiger partial charge in [0.25, 0.3) is 0 Å². The third-order valence-corrected chi connectivity index (χ3v) is 7.49. The number of aliphatic carboxylic acids is 1. The second-order valence-electron chi connectivity index (χ2n) is 10.4. The Kier molecular flexibility index (Phi) is 9.78. The first-order valence-electron chi connectivity index (χ1n) is 14.5. The number of hydrogen-bond acceptors (Lipinski definition) is 7. The lowest BCUT2D eigenvalue weighted by Gasteiger charge is -2.20. The van der Waals surface area contributed by atoms with E-state index in [0.29, 0.717) is 43.3 Å². The highest BCUT2D eigenvalue weighted by atomic mass is 16.6. The van der Waals surface area contributed by atoms with Crippen LogP contribution < -0.4 is 18.9 Å². The molecule has 1 atom stereocenters. The Hall–Kier alpha value is -5.29. The molecule has 0 fully saturated rings. The molecule has 1 heterocycles. The Bertz CT molecular complexity index is 1710. The summed E-state index contributed by atoms with van der Waals surface area (Å²) in [6.45, 7) is 5.84. The predicted molar refractivity (Wildman–Crippen MR) is 167 cm³/mol. The molecule has 0 amide bonds. The number of nitrogens with zero attached hydrogens (tertiary/aromatic N) is 2. The molecule has 1 aliphatic rings. The lowest BCUT2D eigenvalue weighted by molar-refractivity contribution is -0.139. The van der Waals surface area contributed by atoms with Crippen LogP contribution in [0, 0.1) is 24.2 Å². The summed E-state index contributed by atoms with van der Waals surface area (Å²) in [4.78, 5) is 15.8. The van der Waals surface area contributed by atoms with Gasteiger partial charge in [-0.25, -0.2) is 0 Å². The zero-order valence-corrected chi connectivity index (χ0v) is 24.8. The van der Waals surface area contributed by atoms with Crippen LogP contribution >= 0.6 is 0 Å². The van der Waals surface area contributed by atoms with Crippen LogP contribution in [0.4, 0.5) is 0 Å². The maximum Gasteiger partial charge on any atom is 0.311 e.